The third-order valence-corrected chi connectivity index (χ3v) is 3.25. The van der Waals surface area contributed by atoms with Crippen molar-refractivity contribution in [3.05, 3.63) is 58.6 Å². The molecule has 4 nitrogen and oxygen atoms in total. The van der Waals surface area contributed by atoms with Gasteiger partial charge in [-0.2, -0.15) is 0 Å². The van der Waals surface area contributed by atoms with Crippen LogP contribution in [0.2, 0.25) is 5.02 Å². The van der Waals surface area contributed by atoms with Crippen molar-refractivity contribution in [2.24, 2.45) is 0 Å². The number of hydrogen-bond donors (Lipinski definition) is 1. The number of benzene rings is 2. The number of ether oxygens (including phenoxy) is 2. The Labute approximate surface area is 121 Å². The van der Waals surface area contributed by atoms with Crippen molar-refractivity contribution in [3.8, 4) is 11.5 Å². The van der Waals surface area contributed by atoms with Crippen molar-refractivity contribution in [3.63, 3.8) is 0 Å². The van der Waals surface area contributed by atoms with Crippen LogP contribution < -0.4 is 14.8 Å². The van der Waals surface area contributed by atoms with Gasteiger partial charge in [-0.25, -0.2) is 0 Å². The summed E-state index contributed by atoms with van der Waals surface area (Å²) < 4.78 is 10.5. The van der Waals surface area contributed by atoms with Gasteiger partial charge in [-0.3, -0.25) is 4.79 Å². The van der Waals surface area contributed by atoms with E-state index in [4.69, 9.17) is 21.1 Å². The molecule has 0 bridgehead atoms. The quantitative estimate of drug-likeness (QED) is 0.945. The highest BCUT2D eigenvalue weighted by Crippen LogP contribution is 2.32. The average molecular weight is 290 g/mol. The lowest BCUT2D eigenvalue weighted by atomic mass is 10.1. The lowest BCUT2D eigenvalue weighted by molar-refractivity contribution is 0.0950. The maximum Gasteiger partial charge on any atom is 0.251 e. The molecule has 1 amide bonds. The van der Waals surface area contributed by atoms with Crippen molar-refractivity contribution in [1.29, 1.82) is 0 Å². The van der Waals surface area contributed by atoms with Crippen molar-refractivity contribution in [2.45, 2.75) is 6.54 Å². The highest BCUT2D eigenvalue weighted by molar-refractivity contribution is 6.30. The zero-order valence-electron chi connectivity index (χ0n) is 10.6. The molecule has 3 rings (SSSR count). The van der Waals surface area contributed by atoms with Crippen LogP contribution in [0.25, 0.3) is 0 Å². The Morgan fingerprint density at radius 3 is 2.65 bits per heavy atom. The third-order valence-electron chi connectivity index (χ3n) is 3.00. The second kappa shape index (κ2) is 5.43. The van der Waals surface area contributed by atoms with E-state index in [1.165, 1.54) is 0 Å². The number of amides is 1. The van der Waals surface area contributed by atoms with Crippen LogP contribution in [0.5, 0.6) is 11.5 Å². The van der Waals surface area contributed by atoms with Crippen LogP contribution >= 0.6 is 11.6 Å². The van der Waals surface area contributed by atoms with Crippen molar-refractivity contribution < 1.29 is 14.3 Å². The van der Waals surface area contributed by atoms with E-state index in [1.807, 2.05) is 12.1 Å². The Balaban J connectivity index is 1.66. The molecule has 0 radical (unpaired) electrons. The van der Waals surface area contributed by atoms with Crippen LogP contribution in [0.3, 0.4) is 0 Å². The highest BCUT2D eigenvalue weighted by Gasteiger charge is 2.15. The summed E-state index contributed by atoms with van der Waals surface area (Å²) in [6.45, 7) is 0.648. The van der Waals surface area contributed by atoms with Gasteiger partial charge >= 0.3 is 0 Å². The van der Waals surface area contributed by atoms with Gasteiger partial charge in [-0.1, -0.05) is 23.7 Å². The summed E-state index contributed by atoms with van der Waals surface area (Å²) in [4.78, 5) is 12.1. The molecule has 0 unspecified atom stereocenters. The molecule has 2 aromatic carbocycles. The number of carbonyl (C=O) groups is 1. The van der Waals surface area contributed by atoms with E-state index in [1.54, 1.807) is 30.3 Å². The van der Waals surface area contributed by atoms with Gasteiger partial charge in [-0.15, -0.1) is 0 Å². The maximum absolute atomic E-state index is 12.1. The van der Waals surface area contributed by atoms with E-state index in [-0.39, 0.29) is 12.7 Å². The number of hydrogen-bond acceptors (Lipinski definition) is 3. The standard InChI is InChI=1S/C15H12ClNO3/c16-12-4-1-10(2-5-12)8-17-15(18)11-3-6-13-14(7-11)20-9-19-13/h1-7H,8-9H2,(H,17,18). The fraction of sp³-hybridized carbons (Fsp3) is 0.133. The Morgan fingerprint density at radius 2 is 1.85 bits per heavy atom. The number of rotatable bonds is 3. The van der Waals surface area contributed by atoms with Crippen LogP contribution in [0, 0.1) is 0 Å². The normalized spacial score (nSPS) is 12.2. The first kappa shape index (κ1) is 12.8. The van der Waals surface area contributed by atoms with Crippen LogP contribution in [0.1, 0.15) is 15.9 Å². The van der Waals surface area contributed by atoms with Gasteiger partial charge in [0, 0.05) is 17.1 Å². The predicted octanol–water partition coefficient (Wildman–Crippen LogP) is 3.00. The molecule has 0 spiro atoms. The number of halogens is 1. The summed E-state index contributed by atoms with van der Waals surface area (Å²) in [7, 11) is 0. The highest BCUT2D eigenvalue weighted by atomic mass is 35.5. The van der Waals surface area contributed by atoms with E-state index >= 15 is 0 Å². The summed E-state index contributed by atoms with van der Waals surface area (Å²) in [5.41, 5.74) is 1.53. The Hall–Kier alpha value is -2.20. The molecule has 1 aliphatic heterocycles. The predicted molar refractivity (Wildman–Crippen MR) is 75.2 cm³/mol. The molecule has 1 aliphatic rings. The first-order valence-corrected chi connectivity index (χ1v) is 6.52. The van der Waals surface area contributed by atoms with Gasteiger partial charge in [0.15, 0.2) is 11.5 Å². The van der Waals surface area contributed by atoms with Gasteiger partial charge in [0.05, 0.1) is 0 Å². The van der Waals surface area contributed by atoms with E-state index in [2.05, 4.69) is 5.32 Å². The molecular weight excluding hydrogens is 278 g/mol. The molecule has 1 N–H and O–H groups in total. The van der Waals surface area contributed by atoms with E-state index in [0.717, 1.165) is 5.56 Å². The third kappa shape index (κ3) is 2.70. The fourth-order valence-electron chi connectivity index (χ4n) is 1.92. The second-order valence-corrected chi connectivity index (χ2v) is 4.81. The molecule has 20 heavy (non-hydrogen) atoms. The lowest BCUT2D eigenvalue weighted by Gasteiger charge is -2.06. The monoisotopic (exact) mass is 289 g/mol. The number of carbonyl (C=O) groups excluding carboxylic acids is 1. The zero-order chi connectivity index (χ0) is 13.9. The molecule has 0 saturated carbocycles. The zero-order valence-corrected chi connectivity index (χ0v) is 11.3. The van der Waals surface area contributed by atoms with Crippen LogP contribution in [0.4, 0.5) is 0 Å². The minimum atomic E-state index is -0.154. The Kier molecular flexibility index (Phi) is 3.48. The molecule has 2 aromatic rings. The van der Waals surface area contributed by atoms with Crippen molar-refractivity contribution >= 4 is 17.5 Å². The average Bonchev–Trinajstić information content (AvgIpc) is 2.93. The van der Waals surface area contributed by atoms with Gasteiger partial charge in [0.25, 0.3) is 5.91 Å². The molecule has 1 heterocycles. The maximum atomic E-state index is 12.1. The summed E-state index contributed by atoms with van der Waals surface area (Å²) >= 11 is 5.81. The Bertz CT molecular complexity index is 640. The van der Waals surface area contributed by atoms with Crippen LogP contribution in [-0.2, 0) is 6.54 Å². The smallest absolute Gasteiger partial charge is 0.251 e. The fourth-order valence-corrected chi connectivity index (χ4v) is 2.05. The van der Waals surface area contributed by atoms with Gasteiger partial charge in [0.1, 0.15) is 0 Å². The van der Waals surface area contributed by atoms with Gasteiger partial charge in [-0.05, 0) is 35.9 Å². The van der Waals surface area contributed by atoms with E-state index in [0.29, 0.717) is 28.6 Å². The van der Waals surface area contributed by atoms with Crippen molar-refractivity contribution in [2.75, 3.05) is 6.79 Å². The first-order chi connectivity index (χ1) is 9.72. The van der Waals surface area contributed by atoms with Gasteiger partial charge < -0.3 is 14.8 Å². The van der Waals surface area contributed by atoms with E-state index in [9.17, 15) is 4.79 Å². The molecule has 0 aliphatic carbocycles. The molecule has 102 valence electrons. The lowest BCUT2D eigenvalue weighted by Crippen LogP contribution is -2.22. The second-order valence-electron chi connectivity index (χ2n) is 4.38. The van der Waals surface area contributed by atoms with Crippen molar-refractivity contribution in [1.82, 2.24) is 5.32 Å². The minimum absolute atomic E-state index is 0.154. The molecule has 0 fully saturated rings. The molecule has 0 saturated heterocycles. The topological polar surface area (TPSA) is 47.6 Å². The summed E-state index contributed by atoms with van der Waals surface area (Å²) in [6.07, 6.45) is 0. The summed E-state index contributed by atoms with van der Waals surface area (Å²) in [5, 5.41) is 3.52. The van der Waals surface area contributed by atoms with Crippen LogP contribution in [0.15, 0.2) is 42.5 Å². The molecule has 0 aromatic heterocycles. The molecule has 0 atom stereocenters. The summed E-state index contributed by atoms with van der Waals surface area (Å²) in [6, 6.07) is 12.5. The minimum Gasteiger partial charge on any atom is -0.454 e. The number of fused-ring (bicyclic) bond motifs is 1. The molecule has 5 heteroatoms. The van der Waals surface area contributed by atoms with Crippen LogP contribution in [-0.4, -0.2) is 12.7 Å². The largest absolute Gasteiger partial charge is 0.454 e. The summed E-state index contributed by atoms with van der Waals surface area (Å²) in [5.74, 6) is 1.11. The first-order valence-electron chi connectivity index (χ1n) is 6.15. The molecular formula is C15H12ClNO3. The number of nitrogens with one attached hydrogen (secondary N) is 1. The SMILES string of the molecule is O=C(NCc1ccc(Cl)cc1)c1ccc2c(c1)OCO2. The van der Waals surface area contributed by atoms with E-state index < -0.39 is 0 Å². The Morgan fingerprint density at radius 1 is 1.10 bits per heavy atom. The van der Waals surface area contributed by atoms with Gasteiger partial charge in [0.2, 0.25) is 6.79 Å².